The van der Waals surface area contributed by atoms with E-state index in [1.807, 2.05) is 20.8 Å². The fourth-order valence-corrected chi connectivity index (χ4v) is 1.44. The number of hydrogen-bond donors (Lipinski definition) is 2. The van der Waals surface area contributed by atoms with Gasteiger partial charge in [0.1, 0.15) is 6.04 Å². The third kappa shape index (κ3) is 6.62. The molecule has 0 aromatic carbocycles. The van der Waals surface area contributed by atoms with Crippen molar-refractivity contribution in [1.29, 1.82) is 0 Å². The molecule has 2 N–H and O–H groups in total. The molecule has 0 saturated carbocycles. The maximum Gasteiger partial charge on any atom is 0.326 e. The molecule has 106 valence electrons. The van der Waals surface area contributed by atoms with E-state index in [9.17, 15) is 9.59 Å². The van der Waals surface area contributed by atoms with Crippen molar-refractivity contribution in [3.05, 3.63) is 0 Å². The van der Waals surface area contributed by atoms with Crippen LogP contribution in [0.5, 0.6) is 0 Å². The Morgan fingerprint density at radius 3 is 2.00 bits per heavy atom. The Morgan fingerprint density at radius 1 is 1.17 bits per heavy atom. The van der Waals surface area contributed by atoms with Gasteiger partial charge < -0.3 is 10.4 Å². The Bertz CT molecular complexity index is 292. The Hall–Kier alpha value is -1.06. The molecule has 4 nitrogen and oxygen atoms in total. The van der Waals surface area contributed by atoms with E-state index in [1.165, 1.54) is 0 Å². The number of carboxylic acid groups (broad SMARTS) is 1. The number of hydrogen-bond acceptors (Lipinski definition) is 2. The molecule has 18 heavy (non-hydrogen) atoms. The van der Waals surface area contributed by atoms with E-state index in [4.69, 9.17) is 5.11 Å². The summed E-state index contributed by atoms with van der Waals surface area (Å²) in [6.07, 6.45) is 1.23. The Balaban J connectivity index is 4.46. The second kappa shape index (κ2) is 6.76. The van der Waals surface area contributed by atoms with Crippen LogP contribution in [0.4, 0.5) is 0 Å². The van der Waals surface area contributed by atoms with Gasteiger partial charge in [0.05, 0.1) is 0 Å². The van der Waals surface area contributed by atoms with Gasteiger partial charge in [0.2, 0.25) is 5.91 Å². The maximum atomic E-state index is 11.8. The predicted octanol–water partition coefficient (Wildman–Crippen LogP) is 2.67. The molecule has 0 rings (SSSR count). The molecule has 0 saturated heterocycles. The number of aliphatic carboxylic acids is 1. The van der Waals surface area contributed by atoms with Crippen LogP contribution >= 0.6 is 0 Å². The van der Waals surface area contributed by atoms with Crippen LogP contribution in [0.25, 0.3) is 0 Å². The molecule has 0 spiro atoms. The molecule has 1 amide bonds. The molecule has 0 aliphatic carbocycles. The molecule has 0 aliphatic rings. The van der Waals surface area contributed by atoms with Crippen molar-refractivity contribution in [3.63, 3.8) is 0 Å². The minimum Gasteiger partial charge on any atom is -0.480 e. The fourth-order valence-electron chi connectivity index (χ4n) is 1.44. The summed E-state index contributed by atoms with van der Waals surface area (Å²) >= 11 is 0. The van der Waals surface area contributed by atoms with Crippen LogP contribution in [-0.4, -0.2) is 23.0 Å². The van der Waals surface area contributed by atoms with E-state index < -0.39 is 12.0 Å². The third-order valence-electron chi connectivity index (χ3n) is 3.21. The van der Waals surface area contributed by atoms with Gasteiger partial charge in [-0.2, -0.15) is 0 Å². The van der Waals surface area contributed by atoms with Crippen molar-refractivity contribution < 1.29 is 14.7 Å². The van der Waals surface area contributed by atoms with Crippen molar-refractivity contribution in [3.8, 4) is 0 Å². The average molecular weight is 257 g/mol. The quantitative estimate of drug-likeness (QED) is 0.768. The van der Waals surface area contributed by atoms with Gasteiger partial charge in [0, 0.05) is 5.92 Å². The lowest BCUT2D eigenvalue weighted by molar-refractivity contribution is -0.143. The van der Waals surface area contributed by atoms with E-state index in [-0.39, 0.29) is 23.2 Å². The summed E-state index contributed by atoms with van der Waals surface area (Å²) in [6.45, 7) is 11.9. The summed E-state index contributed by atoms with van der Waals surface area (Å²) in [6, 6.07) is -0.780. The minimum absolute atomic E-state index is 0.0715. The van der Waals surface area contributed by atoms with Crippen LogP contribution in [0.1, 0.15) is 54.4 Å². The monoisotopic (exact) mass is 257 g/mol. The lowest BCUT2D eigenvalue weighted by Crippen LogP contribution is -2.44. The van der Waals surface area contributed by atoms with Gasteiger partial charge in [-0.05, 0) is 24.2 Å². The van der Waals surface area contributed by atoms with Crippen molar-refractivity contribution in [1.82, 2.24) is 5.32 Å². The van der Waals surface area contributed by atoms with Gasteiger partial charge in [-0.1, -0.05) is 41.5 Å². The van der Waals surface area contributed by atoms with Gasteiger partial charge in [-0.3, -0.25) is 4.79 Å². The first-order valence-corrected chi connectivity index (χ1v) is 6.58. The van der Waals surface area contributed by atoms with Crippen molar-refractivity contribution in [2.45, 2.75) is 60.4 Å². The first kappa shape index (κ1) is 16.9. The molecule has 4 heteroatoms. The lowest BCUT2D eigenvalue weighted by Gasteiger charge is -2.23. The van der Waals surface area contributed by atoms with Crippen LogP contribution < -0.4 is 5.32 Å². The molecular formula is C14H27NO3. The summed E-state index contributed by atoms with van der Waals surface area (Å²) in [5, 5.41) is 11.8. The molecule has 0 heterocycles. The summed E-state index contributed by atoms with van der Waals surface area (Å²) in [5.41, 5.74) is 0.0715. The normalized spacial score (nSPS) is 15.3. The number of rotatable bonds is 6. The Labute approximate surface area is 110 Å². The highest BCUT2D eigenvalue weighted by Gasteiger charge is 2.25. The van der Waals surface area contributed by atoms with Crippen LogP contribution in [0, 0.1) is 17.3 Å². The molecule has 0 aromatic heterocycles. The molecule has 2 unspecified atom stereocenters. The summed E-state index contributed by atoms with van der Waals surface area (Å²) in [4.78, 5) is 23.0. The summed E-state index contributed by atoms with van der Waals surface area (Å²) in [7, 11) is 0. The number of carbonyl (C=O) groups is 2. The second-order valence-corrected chi connectivity index (χ2v) is 6.53. The molecule has 2 atom stereocenters. The van der Waals surface area contributed by atoms with E-state index in [0.29, 0.717) is 6.42 Å². The zero-order valence-corrected chi connectivity index (χ0v) is 12.4. The standard InChI is InChI=1S/C14H27NO3/c1-9(2)10(3)12(16)15-11(13(17)18)7-8-14(4,5)6/h9-11H,7-8H2,1-6H3,(H,15,16)(H,17,18). The van der Waals surface area contributed by atoms with E-state index in [1.54, 1.807) is 0 Å². The molecule has 0 bridgehead atoms. The SMILES string of the molecule is CC(C)C(C)C(=O)NC(CCC(C)(C)C)C(=O)O. The van der Waals surface area contributed by atoms with Crippen LogP contribution in [0.15, 0.2) is 0 Å². The summed E-state index contributed by atoms with van der Waals surface area (Å²) in [5.74, 6) is -1.08. The van der Waals surface area contributed by atoms with E-state index in [2.05, 4.69) is 26.1 Å². The number of amides is 1. The second-order valence-electron chi connectivity index (χ2n) is 6.53. The number of nitrogens with one attached hydrogen (secondary N) is 1. The zero-order chi connectivity index (χ0) is 14.5. The Morgan fingerprint density at radius 2 is 1.67 bits per heavy atom. The summed E-state index contributed by atoms with van der Waals surface area (Å²) < 4.78 is 0. The highest BCUT2D eigenvalue weighted by molar-refractivity contribution is 5.84. The molecular weight excluding hydrogens is 230 g/mol. The predicted molar refractivity (Wildman–Crippen MR) is 72.3 cm³/mol. The Kier molecular flexibility index (Phi) is 6.36. The third-order valence-corrected chi connectivity index (χ3v) is 3.21. The van der Waals surface area contributed by atoms with E-state index >= 15 is 0 Å². The molecule has 0 radical (unpaired) electrons. The maximum absolute atomic E-state index is 11.8. The van der Waals surface area contributed by atoms with Gasteiger partial charge in [-0.15, -0.1) is 0 Å². The van der Waals surface area contributed by atoms with Crippen LogP contribution in [0.2, 0.25) is 0 Å². The van der Waals surface area contributed by atoms with Gasteiger partial charge in [0.25, 0.3) is 0 Å². The van der Waals surface area contributed by atoms with Gasteiger partial charge in [0.15, 0.2) is 0 Å². The highest BCUT2D eigenvalue weighted by atomic mass is 16.4. The van der Waals surface area contributed by atoms with Crippen LogP contribution in [0.3, 0.4) is 0 Å². The van der Waals surface area contributed by atoms with Gasteiger partial charge in [-0.25, -0.2) is 4.79 Å². The average Bonchev–Trinajstić information content (AvgIpc) is 2.20. The largest absolute Gasteiger partial charge is 0.480 e. The first-order chi connectivity index (χ1) is 8.04. The van der Waals surface area contributed by atoms with Crippen molar-refractivity contribution in [2.75, 3.05) is 0 Å². The fraction of sp³-hybridized carbons (Fsp3) is 0.857. The van der Waals surface area contributed by atoms with E-state index in [0.717, 1.165) is 6.42 Å². The van der Waals surface area contributed by atoms with Crippen molar-refractivity contribution in [2.24, 2.45) is 17.3 Å². The zero-order valence-electron chi connectivity index (χ0n) is 12.4. The lowest BCUT2D eigenvalue weighted by atomic mass is 9.88. The number of carbonyl (C=O) groups excluding carboxylic acids is 1. The number of carboxylic acids is 1. The van der Waals surface area contributed by atoms with Crippen LogP contribution in [-0.2, 0) is 9.59 Å². The van der Waals surface area contributed by atoms with Gasteiger partial charge >= 0.3 is 5.97 Å². The topological polar surface area (TPSA) is 66.4 Å². The first-order valence-electron chi connectivity index (χ1n) is 6.58. The van der Waals surface area contributed by atoms with Crippen molar-refractivity contribution >= 4 is 11.9 Å². The molecule has 0 aromatic rings. The molecule has 0 fully saturated rings. The smallest absolute Gasteiger partial charge is 0.326 e. The molecule has 0 aliphatic heterocycles. The highest BCUT2D eigenvalue weighted by Crippen LogP contribution is 2.22. The minimum atomic E-state index is -0.955.